The van der Waals surface area contributed by atoms with E-state index in [-0.39, 0.29) is 5.82 Å². The molecule has 1 fully saturated rings. The van der Waals surface area contributed by atoms with Crippen molar-refractivity contribution in [1.82, 2.24) is 19.9 Å². The van der Waals surface area contributed by atoms with Gasteiger partial charge in [0.15, 0.2) is 5.82 Å². The Kier molecular flexibility index (Phi) is 3.28. The van der Waals surface area contributed by atoms with E-state index in [1.54, 1.807) is 16.8 Å². The molecule has 0 amide bonds. The van der Waals surface area contributed by atoms with Crippen LogP contribution in [-0.2, 0) is 5.54 Å². The average molecular weight is 327 g/mol. The summed E-state index contributed by atoms with van der Waals surface area (Å²) in [5.41, 5.74) is 8.99. The third kappa shape index (κ3) is 2.24. The van der Waals surface area contributed by atoms with Gasteiger partial charge in [0.2, 0.25) is 0 Å². The van der Waals surface area contributed by atoms with Crippen molar-refractivity contribution in [1.29, 1.82) is 0 Å². The summed E-state index contributed by atoms with van der Waals surface area (Å²) in [5, 5.41) is 8.59. The predicted octanol–water partition coefficient (Wildman–Crippen LogP) is 3.02. The van der Waals surface area contributed by atoms with Gasteiger partial charge in [0.1, 0.15) is 5.82 Å². The number of nitrogens with two attached hydrogens (primary N) is 1. The Morgan fingerprint density at radius 3 is 2.54 bits per heavy atom. The maximum absolute atomic E-state index is 13.1. The standard InChI is InChI=1S/C17H18FN5O/c1-10-14(15-20-16(22-24-15)17(19)8-3-9-17)11(2)23(21-10)13-6-4-12(18)5-7-13/h4-7H,3,8-9,19H2,1-2H3. The van der Waals surface area contributed by atoms with Crippen molar-refractivity contribution in [2.24, 2.45) is 5.73 Å². The minimum atomic E-state index is -0.462. The van der Waals surface area contributed by atoms with E-state index in [0.29, 0.717) is 11.7 Å². The summed E-state index contributed by atoms with van der Waals surface area (Å²) < 4.78 is 20.3. The Hall–Kier alpha value is -2.54. The largest absolute Gasteiger partial charge is 0.334 e. The van der Waals surface area contributed by atoms with Gasteiger partial charge in [0.25, 0.3) is 5.89 Å². The van der Waals surface area contributed by atoms with E-state index in [4.69, 9.17) is 10.3 Å². The van der Waals surface area contributed by atoms with E-state index in [1.807, 2.05) is 13.8 Å². The molecule has 1 aliphatic rings. The Morgan fingerprint density at radius 1 is 1.21 bits per heavy atom. The lowest BCUT2D eigenvalue weighted by Gasteiger charge is -2.34. The predicted molar refractivity (Wildman–Crippen MR) is 86.0 cm³/mol. The van der Waals surface area contributed by atoms with Crippen molar-refractivity contribution >= 4 is 0 Å². The van der Waals surface area contributed by atoms with Crippen LogP contribution in [0.3, 0.4) is 0 Å². The molecule has 0 saturated heterocycles. The molecule has 24 heavy (non-hydrogen) atoms. The second-order valence-corrected chi connectivity index (χ2v) is 6.37. The minimum absolute atomic E-state index is 0.282. The fourth-order valence-corrected chi connectivity index (χ4v) is 3.09. The fraction of sp³-hybridized carbons (Fsp3) is 0.353. The van der Waals surface area contributed by atoms with Crippen LogP contribution < -0.4 is 5.73 Å². The van der Waals surface area contributed by atoms with Crippen LogP contribution in [0.25, 0.3) is 17.1 Å². The molecule has 1 aromatic carbocycles. The number of rotatable bonds is 3. The van der Waals surface area contributed by atoms with Crippen molar-refractivity contribution in [3.05, 3.63) is 47.3 Å². The zero-order valence-corrected chi connectivity index (χ0v) is 13.6. The highest BCUT2D eigenvalue weighted by atomic mass is 19.1. The maximum Gasteiger partial charge on any atom is 0.261 e. The van der Waals surface area contributed by atoms with Gasteiger partial charge >= 0.3 is 0 Å². The van der Waals surface area contributed by atoms with E-state index < -0.39 is 5.54 Å². The van der Waals surface area contributed by atoms with Gasteiger partial charge < -0.3 is 10.3 Å². The third-order valence-corrected chi connectivity index (χ3v) is 4.69. The number of nitrogens with zero attached hydrogens (tertiary/aromatic N) is 4. The van der Waals surface area contributed by atoms with Gasteiger partial charge in [-0.15, -0.1) is 0 Å². The lowest BCUT2D eigenvalue weighted by molar-refractivity contribution is 0.229. The van der Waals surface area contributed by atoms with Gasteiger partial charge in [-0.05, 0) is 57.4 Å². The fourth-order valence-electron chi connectivity index (χ4n) is 3.09. The van der Waals surface area contributed by atoms with Crippen LogP contribution in [0.2, 0.25) is 0 Å². The lowest BCUT2D eigenvalue weighted by Crippen LogP contribution is -2.44. The molecule has 0 atom stereocenters. The highest BCUT2D eigenvalue weighted by molar-refractivity contribution is 5.61. The molecular weight excluding hydrogens is 309 g/mol. The van der Waals surface area contributed by atoms with Crippen molar-refractivity contribution in [2.45, 2.75) is 38.6 Å². The summed E-state index contributed by atoms with van der Waals surface area (Å²) in [4.78, 5) is 4.50. The lowest BCUT2D eigenvalue weighted by atomic mass is 9.77. The zero-order chi connectivity index (χ0) is 16.9. The highest BCUT2D eigenvalue weighted by Gasteiger charge is 2.39. The Labute approximate surface area is 138 Å². The number of aromatic nitrogens is 4. The monoisotopic (exact) mass is 327 g/mol. The van der Waals surface area contributed by atoms with Crippen molar-refractivity contribution in [3.63, 3.8) is 0 Å². The summed E-state index contributed by atoms with van der Waals surface area (Å²) in [5.74, 6) is 0.693. The number of hydrogen-bond acceptors (Lipinski definition) is 5. The van der Waals surface area contributed by atoms with Crippen LogP contribution in [0.15, 0.2) is 28.8 Å². The molecule has 0 radical (unpaired) electrons. The molecule has 0 bridgehead atoms. The van der Waals surface area contributed by atoms with Crippen LogP contribution in [0.4, 0.5) is 4.39 Å². The van der Waals surface area contributed by atoms with E-state index in [0.717, 1.165) is 41.9 Å². The van der Waals surface area contributed by atoms with E-state index in [9.17, 15) is 4.39 Å². The molecule has 0 aliphatic heterocycles. The number of aryl methyl sites for hydroxylation is 1. The Balaban J connectivity index is 1.75. The first-order valence-corrected chi connectivity index (χ1v) is 7.93. The van der Waals surface area contributed by atoms with Crippen LogP contribution in [0.1, 0.15) is 36.5 Å². The molecule has 2 heterocycles. The van der Waals surface area contributed by atoms with Crippen molar-refractivity contribution in [3.8, 4) is 17.1 Å². The van der Waals surface area contributed by atoms with Gasteiger partial charge in [-0.1, -0.05) is 5.16 Å². The molecule has 1 saturated carbocycles. The van der Waals surface area contributed by atoms with Gasteiger partial charge in [0.05, 0.1) is 28.2 Å². The van der Waals surface area contributed by atoms with Crippen LogP contribution >= 0.6 is 0 Å². The number of halogens is 1. The second-order valence-electron chi connectivity index (χ2n) is 6.37. The number of hydrogen-bond donors (Lipinski definition) is 1. The molecule has 124 valence electrons. The highest BCUT2D eigenvalue weighted by Crippen LogP contribution is 2.38. The van der Waals surface area contributed by atoms with Crippen LogP contribution in [0, 0.1) is 19.7 Å². The molecule has 2 aromatic heterocycles. The second kappa shape index (κ2) is 5.24. The molecular formula is C17H18FN5O. The van der Waals surface area contributed by atoms with Crippen molar-refractivity contribution in [2.75, 3.05) is 0 Å². The van der Waals surface area contributed by atoms with Crippen molar-refractivity contribution < 1.29 is 8.91 Å². The summed E-state index contributed by atoms with van der Waals surface area (Å²) in [6, 6.07) is 6.18. The topological polar surface area (TPSA) is 82.8 Å². The molecule has 7 heteroatoms. The number of benzene rings is 1. The van der Waals surface area contributed by atoms with E-state index in [2.05, 4.69) is 15.2 Å². The summed E-state index contributed by atoms with van der Waals surface area (Å²) in [6.07, 6.45) is 2.83. The van der Waals surface area contributed by atoms with E-state index in [1.165, 1.54) is 12.1 Å². The van der Waals surface area contributed by atoms with Crippen LogP contribution in [-0.4, -0.2) is 19.9 Å². The zero-order valence-electron chi connectivity index (χ0n) is 13.6. The quantitative estimate of drug-likeness (QED) is 0.799. The SMILES string of the molecule is Cc1nn(-c2ccc(F)cc2)c(C)c1-c1nc(C2(N)CCC2)no1. The molecule has 2 N–H and O–H groups in total. The minimum Gasteiger partial charge on any atom is -0.334 e. The summed E-state index contributed by atoms with van der Waals surface area (Å²) >= 11 is 0. The average Bonchev–Trinajstić information content (AvgIpc) is 3.11. The maximum atomic E-state index is 13.1. The molecule has 6 nitrogen and oxygen atoms in total. The summed E-state index contributed by atoms with van der Waals surface area (Å²) in [7, 11) is 0. The van der Waals surface area contributed by atoms with Gasteiger partial charge in [-0.2, -0.15) is 10.1 Å². The molecule has 0 spiro atoms. The Bertz CT molecular complexity index is 892. The first kappa shape index (κ1) is 15.0. The van der Waals surface area contributed by atoms with Gasteiger partial charge in [-0.3, -0.25) is 0 Å². The molecule has 1 aliphatic carbocycles. The molecule has 3 aromatic rings. The van der Waals surface area contributed by atoms with Gasteiger partial charge in [0, 0.05) is 0 Å². The third-order valence-electron chi connectivity index (χ3n) is 4.69. The molecule has 0 unspecified atom stereocenters. The smallest absolute Gasteiger partial charge is 0.261 e. The normalized spacial score (nSPS) is 16.2. The molecule has 4 rings (SSSR count). The Morgan fingerprint density at radius 2 is 1.92 bits per heavy atom. The van der Waals surface area contributed by atoms with Crippen LogP contribution in [0.5, 0.6) is 0 Å². The first-order chi connectivity index (χ1) is 11.5. The summed E-state index contributed by atoms with van der Waals surface area (Å²) in [6.45, 7) is 3.80. The van der Waals surface area contributed by atoms with E-state index >= 15 is 0 Å². The van der Waals surface area contributed by atoms with Gasteiger partial charge in [-0.25, -0.2) is 9.07 Å². The first-order valence-electron chi connectivity index (χ1n) is 7.93.